The summed E-state index contributed by atoms with van der Waals surface area (Å²) < 4.78 is 5.76. The van der Waals surface area contributed by atoms with E-state index >= 15 is 0 Å². The molecule has 2 aromatic carbocycles. The minimum absolute atomic E-state index is 0.338. The smallest absolute Gasteiger partial charge is 0.338 e. The van der Waals surface area contributed by atoms with Gasteiger partial charge in [-0.15, -0.1) is 0 Å². The van der Waals surface area contributed by atoms with E-state index in [9.17, 15) is 14.4 Å². The molecular weight excluding hydrogens is 364 g/mol. The van der Waals surface area contributed by atoms with Gasteiger partial charge in [0.15, 0.2) is 6.61 Å². The molecule has 23 heavy (non-hydrogen) atoms. The lowest BCUT2D eigenvalue weighted by Gasteiger charge is -2.07. The summed E-state index contributed by atoms with van der Waals surface area (Å²) in [6, 6.07) is 12.6. The van der Waals surface area contributed by atoms with Crippen LogP contribution in [0.25, 0.3) is 0 Å². The third-order valence-corrected chi connectivity index (χ3v) is 3.40. The molecule has 0 aliphatic heterocycles. The van der Waals surface area contributed by atoms with Gasteiger partial charge < -0.3 is 15.8 Å². The molecule has 0 heterocycles. The van der Waals surface area contributed by atoms with E-state index in [1.807, 2.05) is 0 Å². The Balaban J connectivity index is 1.86. The number of esters is 1. The maximum absolute atomic E-state index is 11.8. The molecule has 0 unspecified atom stereocenters. The normalized spacial score (nSPS) is 9.96. The second-order valence-corrected chi connectivity index (χ2v) is 5.49. The number of amides is 2. The molecule has 0 aliphatic carbocycles. The number of carbonyl (C=O) groups is 3. The average molecular weight is 377 g/mol. The Kier molecular flexibility index (Phi) is 5.48. The van der Waals surface area contributed by atoms with Gasteiger partial charge in [0.2, 0.25) is 5.91 Å². The molecule has 0 atom stereocenters. The summed E-state index contributed by atoms with van der Waals surface area (Å²) >= 11 is 3.26. The molecule has 2 amide bonds. The Hall–Kier alpha value is -2.67. The van der Waals surface area contributed by atoms with Crippen molar-refractivity contribution >= 4 is 39.4 Å². The number of halogens is 1. The number of nitrogens with one attached hydrogen (secondary N) is 1. The van der Waals surface area contributed by atoms with Gasteiger partial charge in [-0.25, -0.2) is 4.79 Å². The summed E-state index contributed by atoms with van der Waals surface area (Å²) in [4.78, 5) is 34.4. The van der Waals surface area contributed by atoms with Crippen molar-refractivity contribution in [2.45, 2.75) is 0 Å². The fourth-order valence-corrected chi connectivity index (χ4v) is 1.98. The number of carbonyl (C=O) groups excluding carboxylic acids is 3. The van der Waals surface area contributed by atoms with Gasteiger partial charge in [-0.3, -0.25) is 9.59 Å². The summed E-state index contributed by atoms with van der Waals surface area (Å²) in [6.07, 6.45) is 0. The molecule has 118 valence electrons. The van der Waals surface area contributed by atoms with Crippen LogP contribution in [0.3, 0.4) is 0 Å². The summed E-state index contributed by atoms with van der Waals surface area (Å²) in [5.41, 5.74) is 6.29. The number of rotatable bonds is 5. The molecule has 0 aromatic heterocycles. The Morgan fingerprint density at radius 3 is 2.09 bits per heavy atom. The van der Waals surface area contributed by atoms with Crippen molar-refractivity contribution in [2.75, 3.05) is 11.9 Å². The highest BCUT2D eigenvalue weighted by molar-refractivity contribution is 9.10. The second-order valence-electron chi connectivity index (χ2n) is 4.57. The number of ether oxygens (including phenoxy) is 1. The number of hydrogen-bond acceptors (Lipinski definition) is 4. The predicted octanol–water partition coefficient (Wildman–Crippen LogP) is 2.34. The first-order valence-corrected chi connectivity index (χ1v) is 7.37. The first-order chi connectivity index (χ1) is 11.0. The van der Waals surface area contributed by atoms with E-state index in [1.54, 1.807) is 24.3 Å². The van der Waals surface area contributed by atoms with E-state index < -0.39 is 24.4 Å². The maximum Gasteiger partial charge on any atom is 0.338 e. The van der Waals surface area contributed by atoms with Gasteiger partial charge in [0.05, 0.1) is 5.56 Å². The quantitative estimate of drug-likeness (QED) is 0.782. The minimum Gasteiger partial charge on any atom is -0.452 e. The number of anilines is 1. The van der Waals surface area contributed by atoms with Crippen molar-refractivity contribution < 1.29 is 19.1 Å². The zero-order valence-electron chi connectivity index (χ0n) is 11.9. The lowest BCUT2D eigenvalue weighted by atomic mass is 10.2. The molecule has 0 bridgehead atoms. The lowest BCUT2D eigenvalue weighted by Crippen LogP contribution is -2.21. The first-order valence-electron chi connectivity index (χ1n) is 6.58. The fraction of sp³-hybridized carbons (Fsp3) is 0.0625. The van der Waals surface area contributed by atoms with Gasteiger partial charge in [0.1, 0.15) is 0 Å². The fourth-order valence-electron chi connectivity index (χ4n) is 1.72. The second kappa shape index (κ2) is 7.55. The highest BCUT2D eigenvalue weighted by atomic mass is 79.9. The van der Waals surface area contributed by atoms with Crippen molar-refractivity contribution in [3.8, 4) is 0 Å². The van der Waals surface area contributed by atoms with E-state index in [0.29, 0.717) is 16.8 Å². The highest BCUT2D eigenvalue weighted by Gasteiger charge is 2.10. The molecule has 2 aromatic rings. The van der Waals surface area contributed by atoms with E-state index in [2.05, 4.69) is 21.2 Å². The van der Waals surface area contributed by atoms with Crippen molar-refractivity contribution in [2.24, 2.45) is 5.73 Å². The monoisotopic (exact) mass is 376 g/mol. The van der Waals surface area contributed by atoms with Crippen molar-refractivity contribution in [3.05, 3.63) is 64.1 Å². The SMILES string of the molecule is NC(=O)c1ccc(NC(=O)COC(=O)c2ccc(Br)cc2)cc1. The molecule has 0 fully saturated rings. The number of benzene rings is 2. The van der Waals surface area contributed by atoms with Crippen LogP contribution < -0.4 is 11.1 Å². The van der Waals surface area contributed by atoms with Gasteiger partial charge in [-0.1, -0.05) is 15.9 Å². The van der Waals surface area contributed by atoms with E-state index in [0.717, 1.165) is 4.47 Å². The molecule has 0 aliphatic rings. The summed E-state index contributed by atoms with van der Waals surface area (Å²) in [5.74, 6) is -1.62. The van der Waals surface area contributed by atoms with Crippen LogP contribution >= 0.6 is 15.9 Å². The van der Waals surface area contributed by atoms with Crippen LogP contribution in [-0.4, -0.2) is 24.4 Å². The number of hydrogen-bond donors (Lipinski definition) is 2. The van der Waals surface area contributed by atoms with E-state index in [-0.39, 0.29) is 0 Å². The largest absolute Gasteiger partial charge is 0.452 e. The van der Waals surface area contributed by atoms with Gasteiger partial charge >= 0.3 is 5.97 Å². The highest BCUT2D eigenvalue weighted by Crippen LogP contribution is 2.12. The van der Waals surface area contributed by atoms with Crippen LogP contribution in [0.2, 0.25) is 0 Å². The Bertz CT molecular complexity index is 727. The average Bonchev–Trinajstić information content (AvgIpc) is 2.54. The third kappa shape index (κ3) is 4.93. The van der Waals surface area contributed by atoms with E-state index in [1.165, 1.54) is 24.3 Å². The van der Waals surface area contributed by atoms with Crippen molar-refractivity contribution in [3.63, 3.8) is 0 Å². The predicted molar refractivity (Wildman–Crippen MR) is 88.0 cm³/mol. The van der Waals surface area contributed by atoms with Crippen LogP contribution in [0.5, 0.6) is 0 Å². The molecular formula is C16H13BrN2O4. The van der Waals surface area contributed by atoms with Crippen LogP contribution in [0, 0.1) is 0 Å². The van der Waals surface area contributed by atoms with Gasteiger partial charge in [-0.05, 0) is 48.5 Å². The Morgan fingerprint density at radius 2 is 1.52 bits per heavy atom. The van der Waals surface area contributed by atoms with E-state index in [4.69, 9.17) is 10.5 Å². The zero-order chi connectivity index (χ0) is 16.8. The van der Waals surface area contributed by atoms with Gasteiger partial charge in [0.25, 0.3) is 5.91 Å². The zero-order valence-corrected chi connectivity index (χ0v) is 13.5. The minimum atomic E-state index is -0.586. The topological polar surface area (TPSA) is 98.5 Å². The van der Waals surface area contributed by atoms with Crippen LogP contribution in [-0.2, 0) is 9.53 Å². The summed E-state index contributed by atoms with van der Waals surface area (Å²) in [7, 11) is 0. The molecule has 7 heteroatoms. The van der Waals surface area contributed by atoms with Crippen LogP contribution in [0.4, 0.5) is 5.69 Å². The lowest BCUT2D eigenvalue weighted by molar-refractivity contribution is -0.119. The molecule has 3 N–H and O–H groups in total. The van der Waals surface area contributed by atoms with Gasteiger partial charge in [0, 0.05) is 15.7 Å². The van der Waals surface area contributed by atoms with Crippen molar-refractivity contribution in [1.29, 1.82) is 0 Å². The first kappa shape index (κ1) is 16.7. The standard InChI is InChI=1S/C16H13BrN2O4/c17-12-5-1-11(2-6-12)16(22)23-9-14(20)19-13-7-3-10(4-8-13)15(18)21/h1-8H,9H2,(H2,18,21)(H,19,20). The molecule has 0 spiro atoms. The summed E-state index contributed by atoms with van der Waals surface area (Å²) in [5, 5.41) is 2.55. The summed E-state index contributed by atoms with van der Waals surface area (Å²) in [6.45, 7) is -0.410. The Morgan fingerprint density at radius 1 is 0.957 bits per heavy atom. The van der Waals surface area contributed by atoms with Gasteiger partial charge in [-0.2, -0.15) is 0 Å². The van der Waals surface area contributed by atoms with Crippen LogP contribution in [0.1, 0.15) is 20.7 Å². The number of nitrogens with two attached hydrogens (primary N) is 1. The molecule has 0 saturated heterocycles. The van der Waals surface area contributed by atoms with Crippen LogP contribution in [0.15, 0.2) is 53.0 Å². The molecule has 0 saturated carbocycles. The van der Waals surface area contributed by atoms with Crippen molar-refractivity contribution in [1.82, 2.24) is 0 Å². The molecule has 0 radical (unpaired) electrons. The molecule has 6 nitrogen and oxygen atoms in total. The third-order valence-electron chi connectivity index (χ3n) is 2.87. The molecule has 2 rings (SSSR count). The number of primary amides is 1. The maximum atomic E-state index is 11.8. The Labute approximate surface area is 140 Å².